The summed E-state index contributed by atoms with van der Waals surface area (Å²) in [7, 11) is 0. The van der Waals surface area contributed by atoms with Gasteiger partial charge in [-0.1, -0.05) is 62.4 Å². The molecule has 0 aromatic heterocycles. The van der Waals surface area contributed by atoms with E-state index >= 15 is 0 Å². The third-order valence-corrected chi connectivity index (χ3v) is 3.64. The van der Waals surface area contributed by atoms with Crippen molar-refractivity contribution in [3.05, 3.63) is 65.7 Å². The van der Waals surface area contributed by atoms with E-state index in [0.717, 1.165) is 11.3 Å². The number of hydrogen-bond donors (Lipinski definition) is 2. The highest BCUT2D eigenvalue weighted by molar-refractivity contribution is 5.82. The molecule has 0 radical (unpaired) electrons. The number of rotatable bonds is 7. The number of nitrogens with one attached hydrogen (secondary N) is 1. The van der Waals surface area contributed by atoms with E-state index in [4.69, 9.17) is 10.5 Å². The topological polar surface area (TPSA) is 64.3 Å². The Labute approximate surface area is 137 Å². The molecule has 0 aliphatic heterocycles. The summed E-state index contributed by atoms with van der Waals surface area (Å²) in [6.45, 7) is 5.09. The van der Waals surface area contributed by atoms with Crippen molar-refractivity contribution >= 4 is 5.91 Å². The van der Waals surface area contributed by atoms with E-state index in [2.05, 4.69) is 25.2 Å². The van der Waals surface area contributed by atoms with Crippen LogP contribution >= 0.6 is 0 Å². The summed E-state index contributed by atoms with van der Waals surface area (Å²) >= 11 is 0. The Morgan fingerprint density at radius 2 is 1.74 bits per heavy atom. The molecule has 0 aliphatic rings. The number of para-hydroxylation sites is 1. The zero-order valence-corrected chi connectivity index (χ0v) is 13.7. The van der Waals surface area contributed by atoms with E-state index < -0.39 is 6.04 Å². The number of amides is 1. The molecule has 1 atom stereocenters. The van der Waals surface area contributed by atoms with Crippen molar-refractivity contribution in [1.82, 2.24) is 5.32 Å². The van der Waals surface area contributed by atoms with E-state index in [9.17, 15) is 4.79 Å². The van der Waals surface area contributed by atoms with Gasteiger partial charge in [-0.2, -0.15) is 0 Å². The molecule has 4 nitrogen and oxygen atoms in total. The molecule has 2 aromatic carbocycles. The lowest BCUT2D eigenvalue weighted by atomic mass is 10.0. The van der Waals surface area contributed by atoms with E-state index in [1.54, 1.807) is 0 Å². The molecule has 23 heavy (non-hydrogen) atoms. The summed E-state index contributed by atoms with van der Waals surface area (Å²) in [5.41, 5.74) is 7.91. The van der Waals surface area contributed by atoms with Crippen molar-refractivity contribution < 1.29 is 9.53 Å². The monoisotopic (exact) mass is 312 g/mol. The Bertz CT molecular complexity index is 626. The van der Waals surface area contributed by atoms with Crippen LogP contribution in [0.15, 0.2) is 54.6 Å². The summed E-state index contributed by atoms with van der Waals surface area (Å²) in [6.07, 6.45) is 0. The van der Waals surface area contributed by atoms with E-state index in [0.29, 0.717) is 19.1 Å². The summed E-state index contributed by atoms with van der Waals surface area (Å²) in [6, 6.07) is 16.6. The maximum Gasteiger partial charge on any atom is 0.241 e. The summed E-state index contributed by atoms with van der Waals surface area (Å²) in [5.74, 6) is 1.06. The highest BCUT2D eigenvalue weighted by Crippen LogP contribution is 2.25. The zero-order chi connectivity index (χ0) is 16.7. The van der Waals surface area contributed by atoms with Gasteiger partial charge in [0.15, 0.2) is 0 Å². The van der Waals surface area contributed by atoms with Crippen LogP contribution < -0.4 is 15.8 Å². The van der Waals surface area contributed by atoms with Gasteiger partial charge in [0.1, 0.15) is 18.4 Å². The van der Waals surface area contributed by atoms with Gasteiger partial charge in [-0.25, -0.2) is 0 Å². The van der Waals surface area contributed by atoms with Crippen molar-refractivity contribution in [2.75, 3.05) is 13.2 Å². The van der Waals surface area contributed by atoms with Crippen LogP contribution in [0.1, 0.15) is 36.9 Å². The molecule has 0 saturated heterocycles. The molecule has 2 rings (SSSR count). The van der Waals surface area contributed by atoms with Crippen molar-refractivity contribution in [2.24, 2.45) is 5.73 Å². The van der Waals surface area contributed by atoms with Gasteiger partial charge >= 0.3 is 0 Å². The van der Waals surface area contributed by atoms with Crippen molar-refractivity contribution in [1.29, 1.82) is 0 Å². The second-order valence-electron chi connectivity index (χ2n) is 5.72. The van der Waals surface area contributed by atoms with Crippen LogP contribution in [0, 0.1) is 0 Å². The molecule has 122 valence electrons. The molecule has 2 aromatic rings. The van der Waals surface area contributed by atoms with Crippen LogP contribution in [-0.4, -0.2) is 19.1 Å². The first-order valence-corrected chi connectivity index (χ1v) is 7.89. The number of carbonyl (C=O) groups excluding carboxylic acids is 1. The quantitative estimate of drug-likeness (QED) is 0.773. The van der Waals surface area contributed by atoms with Gasteiger partial charge in [-0.05, 0) is 23.1 Å². The summed E-state index contributed by atoms with van der Waals surface area (Å²) in [5, 5.41) is 2.81. The fourth-order valence-corrected chi connectivity index (χ4v) is 2.35. The molecule has 0 spiro atoms. The Morgan fingerprint density at radius 3 is 2.43 bits per heavy atom. The Morgan fingerprint density at radius 1 is 1.09 bits per heavy atom. The second kappa shape index (κ2) is 8.34. The normalized spacial score (nSPS) is 12.0. The fraction of sp³-hybridized carbons (Fsp3) is 0.316. The lowest BCUT2D eigenvalue weighted by Crippen LogP contribution is -2.36. The highest BCUT2D eigenvalue weighted by atomic mass is 16.5. The van der Waals surface area contributed by atoms with Gasteiger partial charge in [-0.15, -0.1) is 0 Å². The first-order valence-electron chi connectivity index (χ1n) is 7.89. The van der Waals surface area contributed by atoms with Crippen LogP contribution in [0.25, 0.3) is 0 Å². The molecule has 4 heteroatoms. The largest absolute Gasteiger partial charge is 0.491 e. The minimum atomic E-state index is -0.654. The van der Waals surface area contributed by atoms with Gasteiger partial charge in [0.05, 0.1) is 6.54 Å². The first-order chi connectivity index (χ1) is 11.1. The number of carbonyl (C=O) groups is 1. The minimum Gasteiger partial charge on any atom is -0.491 e. The molecule has 0 heterocycles. The fourth-order valence-electron chi connectivity index (χ4n) is 2.35. The van der Waals surface area contributed by atoms with Crippen molar-refractivity contribution in [2.45, 2.75) is 25.8 Å². The lowest BCUT2D eigenvalue weighted by Gasteiger charge is -2.15. The highest BCUT2D eigenvalue weighted by Gasteiger charge is 2.14. The minimum absolute atomic E-state index is 0.197. The average Bonchev–Trinajstić information content (AvgIpc) is 2.58. The number of benzene rings is 2. The number of nitrogens with two attached hydrogens (primary N) is 1. The first kappa shape index (κ1) is 17.0. The maximum absolute atomic E-state index is 12.0. The smallest absolute Gasteiger partial charge is 0.241 e. The Kier molecular flexibility index (Phi) is 6.18. The lowest BCUT2D eigenvalue weighted by molar-refractivity contribution is -0.122. The van der Waals surface area contributed by atoms with Crippen molar-refractivity contribution in [3.8, 4) is 5.75 Å². The van der Waals surface area contributed by atoms with Gasteiger partial charge in [0, 0.05) is 0 Å². The van der Waals surface area contributed by atoms with Gasteiger partial charge in [0.25, 0.3) is 0 Å². The number of ether oxygens (including phenoxy) is 1. The standard InChI is InChI=1S/C19H24N2O2/c1-14(2)16-10-6-7-11-17(16)23-13-12-21-19(22)18(20)15-8-4-3-5-9-15/h3-11,14,18H,12-13,20H2,1-2H3,(H,21,22). The van der Waals surface area contributed by atoms with E-state index in [1.165, 1.54) is 5.56 Å². The molecule has 0 saturated carbocycles. The molecular weight excluding hydrogens is 288 g/mol. The van der Waals surface area contributed by atoms with Gasteiger partial charge in [-0.3, -0.25) is 4.79 Å². The molecule has 1 amide bonds. The predicted molar refractivity (Wildman–Crippen MR) is 92.4 cm³/mol. The number of hydrogen-bond acceptors (Lipinski definition) is 3. The maximum atomic E-state index is 12.0. The van der Waals surface area contributed by atoms with Crippen LogP contribution in [0.5, 0.6) is 5.75 Å². The molecule has 0 fully saturated rings. The van der Waals surface area contributed by atoms with Crippen LogP contribution in [0.4, 0.5) is 0 Å². The van der Waals surface area contributed by atoms with Crippen LogP contribution in [-0.2, 0) is 4.79 Å². The predicted octanol–water partition coefficient (Wildman–Crippen LogP) is 3.01. The summed E-state index contributed by atoms with van der Waals surface area (Å²) in [4.78, 5) is 12.0. The van der Waals surface area contributed by atoms with E-state index in [-0.39, 0.29) is 5.91 Å². The van der Waals surface area contributed by atoms with E-state index in [1.807, 2.05) is 48.5 Å². The van der Waals surface area contributed by atoms with Crippen LogP contribution in [0.3, 0.4) is 0 Å². The Hall–Kier alpha value is -2.33. The third kappa shape index (κ3) is 4.83. The zero-order valence-electron chi connectivity index (χ0n) is 13.7. The summed E-state index contributed by atoms with van der Waals surface area (Å²) < 4.78 is 5.78. The van der Waals surface area contributed by atoms with Gasteiger partial charge in [0.2, 0.25) is 5.91 Å². The van der Waals surface area contributed by atoms with Crippen molar-refractivity contribution in [3.63, 3.8) is 0 Å². The molecular formula is C19H24N2O2. The van der Waals surface area contributed by atoms with Gasteiger partial charge < -0.3 is 15.8 Å². The third-order valence-electron chi connectivity index (χ3n) is 3.64. The second-order valence-corrected chi connectivity index (χ2v) is 5.72. The molecule has 0 aliphatic carbocycles. The molecule has 0 bridgehead atoms. The SMILES string of the molecule is CC(C)c1ccccc1OCCNC(=O)C(N)c1ccccc1. The molecule has 1 unspecified atom stereocenters. The average molecular weight is 312 g/mol. The molecule has 3 N–H and O–H groups in total. The van der Waals surface area contributed by atoms with Crippen LogP contribution in [0.2, 0.25) is 0 Å². The Balaban J connectivity index is 1.81.